The number of benzene rings is 1. The third-order valence-electron chi connectivity index (χ3n) is 5.31. The van der Waals surface area contributed by atoms with Crippen molar-refractivity contribution >= 4 is 29.1 Å². The highest BCUT2D eigenvalue weighted by Crippen LogP contribution is 2.26. The van der Waals surface area contributed by atoms with Crippen LogP contribution in [0.5, 0.6) is 0 Å². The zero-order chi connectivity index (χ0) is 19.6. The van der Waals surface area contributed by atoms with Crippen LogP contribution < -0.4 is 10.2 Å². The lowest BCUT2D eigenvalue weighted by Gasteiger charge is -2.35. The molecule has 1 aromatic rings. The number of rotatable bonds is 3. The van der Waals surface area contributed by atoms with Gasteiger partial charge in [0.1, 0.15) is 0 Å². The molecule has 27 heavy (non-hydrogen) atoms. The second-order valence-electron chi connectivity index (χ2n) is 8.50. The first kappa shape index (κ1) is 19.4. The largest absolute Gasteiger partial charge is 0.342 e. The summed E-state index contributed by atoms with van der Waals surface area (Å²) >= 11 is 0. The van der Waals surface area contributed by atoms with E-state index in [2.05, 4.69) is 5.32 Å². The van der Waals surface area contributed by atoms with Crippen molar-refractivity contribution in [3.63, 3.8) is 0 Å². The van der Waals surface area contributed by atoms with E-state index in [0.29, 0.717) is 32.4 Å². The Bertz CT molecular complexity index is 713. The molecule has 2 aliphatic heterocycles. The molecular formula is C21H29N3O3. The second-order valence-corrected chi connectivity index (χ2v) is 8.50. The molecule has 3 rings (SSSR count). The molecule has 2 saturated heterocycles. The highest BCUT2D eigenvalue weighted by Gasteiger charge is 2.32. The summed E-state index contributed by atoms with van der Waals surface area (Å²) in [6.45, 7) is 7.79. The van der Waals surface area contributed by atoms with E-state index in [4.69, 9.17) is 0 Å². The molecule has 2 heterocycles. The Balaban J connectivity index is 1.52. The van der Waals surface area contributed by atoms with Gasteiger partial charge in [-0.25, -0.2) is 0 Å². The van der Waals surface area contributed by atoms with Gasteiger partial charge in [0.2, 0.25) is 17.7 Å². The minimum absolute atomic E-state index is 0.00264. The fourth-order valence-electron chi connectivity index (χ4n) is 3.71. The molecule has 2 aliphatic rings. The number of nitrogens with one attached hydrogen (secondary N) is 1. The minimum Gasteiger partial charge on any atom is -0.342 e. The third kappa shape index (κ3) is 4.49. The summed E-state index contributed by atoms with van der Waals surface area (Å²) in [7, 11) is 0. The van der Waals surface area contributed by atoms with Gasteiger partial charge in [0, 0.05) is 48.8 Å². The number of hydrogen-bond donors (Lipinski definition) is 1. The molecule has 0 aromatic heterocycles. The average molecular weight is 371 g/mol. The molecule has 2 fully saturated rings. The lowest BCUT2D eigenvalue weighted by molar-refractivity contribution is -0.142. The van der Waals surface area contributed by atoms with Crippen LogP contribution in [0.25, 0.3) is 0 Å². The normalized spacial score (nSPS) is 18.7. The summed E-state index contributed by atoms with van der Waals surface area (Å²) in [5.41, 5.74) is 1.24. The molecule has 0 bridgehead atoms. The summed E-state index contributed by atoms with van der Waals surface area (Å²) in [5, 5.41) is 2.97. The van der Waals surface area contributed by atoms with Crippen molar-refractivity contribution in [2.75, 3.05) is 29.9 Å². The summed E-state index contributed by atoms with van der Waals surface area (Å²) < 4.78 is 0. The van der Waals surface area contributed by atoms with Gasteiger partial charge in [0.15, 0.2) is 0 Å². The number of anilines is 2. The Morgan fingerprint density at radius 2 is 1.67 bits per heavy atom. The van der Waals surface area contributed by atoms with Gasteiger partial charge in [0.25, 0.3) is 0 Å². The number of piperidine rings is 1. The zero-order valence-electron chi connectivity index (χ0n) is 16.5. The number of carbonyl (C=O) groups excluding carboxylic acids is 3. The van der Waals surface area contributed by atoms with Crippen molar-refractivity contribution in [1.82, 2.24) is 4.90 Å². The van der Waals surface area contributed by atoms with Crippen LogP contribution in [0.3, 0.4) is 0 Å². The summed E-state index contributed by atoms with van der Waals surface area (Å²) in [5.74, 6) is 0.230. The number of hydrogen-bond acceptors (Lipinski definition) is 3. The van der Waals surface area contributed by atoms with Crippen molar-refractivity contribution in [3.8, 4) is 0 Å². The summed E-state index contributed by atoms with van der Waals surface area (Å²) in [6.07, 6.45) is 2.88. The quantitative estimate of drug-likeness (QED) is 0.888. The molecular weight excluding hydrogens is 342 g/mol. The second kappa shape index (κ2) is 7.71. The van der Waals surface area contributed by atoms with Crippen LogP contribution >= 0.6 is 0 Å². The van der Waals surface area contributed by atoms with Crippen LogP contribution in [0.4, 0.5) is 11.4 Å². The summed E-state index contributed by atoms with van der Waals surface area (Å²) in [4.78, 5) is 40.4. The minimum atomic E-state index is -0.381. The Morgan fingerprint density at radius 1 is 1.04 bits per heavy atom. The monoisotopic (exact) mass is 371 g/mol. The fourth-order valence-corrected chi connectivity index (χ4v) is 3.71. The Morgan fingerprint density at radius 3 is 2.19 bits per heavy atom. The first-order chi connectivity index (χ1) is 12.8. The van der Waals surface area contributed by atoms with Crippen molar-refractivity contribution < 1.29 is 14.4 Å². The molecule has 1 aromatic carbocycles. The molecule has 1 N–H and O–H groups in total. The maximum absolute atomic E-state index is 12.6. The zero-order valence-corrected chi connectivity index (χ0v) is 16.5. The predicted molar refractivity (Wildman–Crippen MR) is 105 cm³/mol. The third-order valence-corrected chi connectivity index (χ3v) is 5.31. The number of amides is 3. The number of nitrogens with zero attached hydrogens (tertiary/aromatic N) is 2. The molecule has 146 valence electrons. The van der Waals surface area contributed by atoms with E-state index in [-0.39, 0.29) is 29.1 Å². The number of likely N-dealkylation sites (tertiary alicyclic amines) is 1. The van der Waals surface area contributed by atoms with Crippen LogP contribution in [0.15, 0.2) is 24.3 Å². The first-order valence-electron chi connectivity index (χ1n) is 9.76. The predicted octanol–water partition coefficient (Wildman–Crippen LogP) is 3.04. The highest BCUT2D eigenvalue weighted by atomic mass is 16.2. The van der Waals surface area contributed by atoms with Gasteiger partial charge in [-0.15, -0.1) is 0 Å². The SMILES string of the molecule is CC(C)(C)C(=O)N1CCC(C(=O)Nc2ccc(N3CCCC3=O)cc2)CC1. The molecule has 3 amide bonds. The fraction of sp³-hybridized carbons (Fsp3) is 0.571. The van der Waals surface area contributed by atoms with Crippen molar-refractivity contribution in [1.29, 1.82) is 0 Å². The van der Waals surface area contributed by atoms with Gasteiger partial charge in [-0.05, 0) is 43.5 Å². The Hall–Kier alpha value is -2.37. The van der Waals surface area contributed by atoms with E-state index < -0.39 is 0 Å². The van der Waals surface area contributed by atoms with E-state index in [1.807, 2.05) is 49.9 Å². The molecule has 0 saturated carbocycles. The van der Waals surface area contributed by atoms with Crippen LogP contribution in [0.1, 0.15) is 46.5 Å². The van der Waals surface area contributed by atoms with Crippen LogP contribution in [-0.2, 0) is 14.4 Å². The van der Waals surface area contributed by atoms with Crippen molar-refractivity contribution in [3.05, 3.63) is 24.3 Å². The van der Waals surface area contributed by atoms with Gasteiger partial charge in [-0.1, -0.05) is 20.8 Å². The lowest BCUT2D eigenvalue weighted by Crippen LogP contribution is -2.45. The smallest absolute Gasteiger partial charge is 0.227 e. The van der Waals surface area contributed by atoms with E-state index in [9.17, 15) is 14.4 Å². The molecule has 0 radical (unpaired) electrons. The van der Waals surface area contributed by atoms with Crippen LogP contribution in [0, 0.1) is 11.3 Å². The Labute approximate surface area is 160 Å². The van der Waals surface area contributed by atoms with Gasteiger partial charge in [-0.3, -0.25) is 14.4 Å². The molecule has 0 atom stereocenters. The maximum atomic E-state index is 12.6. The van der Waals surface area contributed by atoms with Crippen molar-refractivity contribution in [2.24, 2.45) is 11.3 Å². The topological polar surface area (TPSA) is 69.7 Å². The van der Waals surface area contributed by atoms with E-state index in [1.165, 1.54) is 0 Å². The van der Waals surface area contributed by atoms with Gasteiger partial charge in [0.05, 0.1) is 0 Å². The van der Waals surface area contributed by atoms with Gasteiger partial charge >= 0.3 is 0 Å². The summed E-state index contributed by atoms with van der Waals surface area (Å²) in [6, 6.07) is 7.45. The highest BCUT2D eigenvalue weighted by molar-refractivity contribution is 5.96. The van der Waals surface area contributed by atoms with E-state index in [1.54, 1.807) is 4.90 Å². The maximum Gasteiger partial charge on any atom is 0.227 e. The number of carbonyl (C=O) groups is 3. The van der Waals surface area contributed by atoms with E-state index >= 15 is 0 Å². The Kier molecular flexibility index (Phi) is 5.53. The van der Waals surface area contributed by atoms with Crippen molar-refractivity contribution in [2.45, 2.75) is 46.5 Å². The molecule has 6 heteroatoms. The molecule has 6 nitrogen and oxygen atoms in total. The van der Waals surface area contributed by atoms with Crippen LogP contribution in [-0.4, -0.2) is 42.3 Å². The standard InChI is InChI=1S/C21H29N3O3/c1-21(2,3)20(27)23-13-10-15(11-14-23)19(26)22-16-6-8-17(9-7-16)24-12-4-5-18(24)25/h6-9,15H,4-5,10-14H2,1-3H3,(H,22,26). The molecule has 0 spiro atoms. The van der Waals surface area contributed by atoms with Gasteiger partial charge < -0.3 is 15.1 Å². The molecule has 0 aliphatic carbocycles. The molecule has 0 unspecified atom stereocenters. The average Bonchev–Trinajstić information content (AvgIpc) is 3.07. The van der Waals surface area contributed by atoms with Crippen LogP contribution in [0.2, 0.25) is 0 Å². The first-order valence-corrected chi connectivity index (χ1v) is 9.76. The van der Waals surface area contributed by atoms with Gasteiger partial charge in [-0.2, -0.15) is 0 Å². The van der Waals surface area contributed by atoms with E-state index in [0.717, 1.165) is 24.3 Å². The lowest BCUT2D eigenvalue weighted by atomic mass is 9.90.